The number of benzene rings is 1. The Bertz CT molecular complexity index is 932. The molecule has 0 bridgehead atoms. The van der Waals surface area contributed by atoms with Crippen molar-refractivity contribution in [3.05, 3.63) is 34.4 Å². The van der Waals surface area contributed by atoms with E-state index in [0.29, 0.717) is 15.7 Å². The number of aromatic amines is 1. The van der Waals surface area contributed by atoms with Gasteiger partial charge in [0.1, 0.15) is 4.60 Å². The molecule has 0 spiro atoms. The smallest absolute Gasteiger partial charge is 0.340 e. The summed E-state index contributed by atoms with van der Waals surface area (Å²) in [6.07, 6.45) is 0. The minimum absolute atomic E-state index is 0.386. The fraction of sp³-hybridized carbons (Fsp3) is 0.294. The Morgan fingerprint density at radius 2 is 2.12 bits per heavy atom. The van der Waals surface area contributed by atoms with Gasteiger partial charge in [0.15, 0.2) is 0 Å². The molecule has 24 heavy (non-hydrogen) atoms. The molecule has 0 atom stereocenters. The molecule has 1 aliphatic heterocycles. The first-order chi connectivity index (χ1) is 11.7. The van der Waals surface area contributed by atoms with Gasteiger partial charge in [0.2, 0.25) is 0 Å². The number of H-pyrrole nitrogens is 1. The number of carbonyl (C=O) groups excluding carboxylic acids is 1. The van der Waals surface area contributed by atoms with Gasteiger partial charge >= 0.3 is 5.97 Å². The molecule has 0 aliphatic carbocycles. The van der Waals surface area contributed by atoms with Crippen LogP contribution in [0.3, 0.4) is 0 Å². The first kappa shape index (κ1) is 15.4. The quantitative estimate of drug-likeness (QED) is 0.538. The van der Waals surface area contributed by atoms with Crippen molar-refractivity contribution < 1.29 is 14.3 Å². The van der Waals surface area contributed by atoms with E-state index in [1.54, 1.807) is 6.07 Å². The second-order valence-electron chi connectivity index (χ2n) is 5.66. The van der Waals surface area contributed by atoms with Gasteiger partial charge in [-0.2, -0.15) is 0 Å². The van der Waals surface area contributed by atoms with Gasteiger partial charge in [-0.1, -0.05) is 0 Å². The fourth-order valence-electron chi connectivity index (χ4n) is 3.10. The third kappa shape index (κ3) is 2.53. The van der Waals surface area contributed by atoms with E-state index < -0.39 is 0 Å². The molecule has 1 aliphatic rings. The predicted molar refractivity (Wildman–Crippen MR) is 95.7 cm³/mol. The van der Waals surface area contributed by atoms with Crippen LogP contribution in [0.4, 0.5) is 5.69 Å². The first-order valence-corrected chi connectivity index (χ1v) is 8.49. The summed E-state index contributed by atoms with van der Waals surface area (Å²) in [6.45, 7) is 3.24. The monoisotopic (exact) mass is 389 g/mol. The molecule has 1 N–H and O–H groups in total. The van der Waals surface area contributed by atoms with Gasteiger partial charge in [-0.05, 0) is 40.2 Å². The van der Waals surface area contributed by atoms with Crippen LogP contribution in [0, 0.1) is 0 Å². The second-order valence-corrected chi connectivity index (χ2v) is 6.47. The van der Waals surface area contributed by atoms with Gasteiger partial charge in [-0.15, -0.1) is 0 Å². The average Bonchev–Trinajstić information content (AvgIpc) is 2.98. The largest absolute Gasteiger partial charge is 0.465 e. The van der Waals surface area contributed by atoms with Crippen molar-refractivity contribution in [2.45, 2.75) is 0 Å². The van der Waals surface area contributed by atoms with E-state index in [9.17, 15) is 4.79 Å². The Morgan fingerprint density at radius 1 is 1.33 bits per heavy atom. The van der Waals surface area contributed by atoms with E-state index in [2.05, 4.69) is 42.9 Å². The molecule has 1 aromatic carbocycles. The summed E-state index contributed by atoms with van der Waals surface area (Å²) in [5.41, 5.74) is 4.01. The molecule has 0 unspecified atom stereocenters. The molecule has 1 saturated heterocycles. The van der Waals surface area contributed by atoms with Crippen molar-refractivity contribution in [3.8, 4) is 0 Å². The van der Waals surface area contributed by atoms with Crippen molar-refractivity contribution in [3.63, 3.8) is 0 Å². The zero-order valence-electron chi connectivity index (χ0n) is 13.1. The molecule has 3 heterocycles. The number of methoxy groups -OCH3 is 1. The highest BCUT2D eigenvalue weighted by Gasteiger charge is 2.18. The molecular formula is C17H16BrN3O3. The van der Waals surface area contributed by atoms with Gasteiger partial charge in [0, 0.05) is 24.2 Å². The summed E-state index contributed by atoms with van der Waals surface area (Å²) in [5.74, 6) is -0.386. The summed E-state index contributed by atoms with van der Waals surface area (Å²) < 4.78 is 10.9. The number of morpholine rings is 1. The van der Waals surface area contributed by atoms with Gasteiger partial charge in [-0.3, -0.25) is 0 Å². The second kappa shape index (κ2) is 6.07. The molecule has 1 fully saturated rings. The van der Waals surface area contributed by atoms with Crippen LogP contribution in [0.2, 0.25) is 0 Å². The highest BCUT2D eigenvalue weighted by atomic mass is 79.9. The Labute approximate surface area is 146 Å². The number of hydrogen-bond acceptors (Lipinski definition) is 5. The number of carbonyl (C=O) groups is 1. The summed E-state index contributed by atoms with van der Waals surface area (Å²) in [4.78, 5) is 22.2. The molecule has 6 nitrogen and oxygen atoms in total. The topological polar surface area (TPSA) is 67.5 Å². The van der Waals surface area contributed by atoms with Crippen LogP contribution in [-0.4, -0.2) is 49.4 Å². The average molecular weight is 390 g/mol. The standard InChI is InChI=1S/C17H16BrN3O3/c1-23-17(22)12-9-14(18)20-15-11-3-2-10(8-13(11)19-16(12)15)21-4-6-24-7-5-21/h2-3,8-9,19H,4-7H2,1H3. The number of anilines is 1. The maximum Gasteiger partial charge on any atom is 0.340 e. The van der Waals surface area contributed by atoms with Crippen LogP contribution >= 0.6 is 15.9 Å². The normalized spacial score (nSPS) is 15.2. The first-order valence-electron chi connectivity index (χ1n) is 7.70. The number of pyridine rings is 1. The maximum absolute atomic E-state index is 12.1. The number of fused-ring (bicyclic) bond motifs is 3. The number of hydrogen-bond donors (Lipinski definition) is 1. The number of ether oxygens (including phenoxy) is 2. The number of esters is 1. The summed E-state index contributed by atoms with van der Waals surface area (Å²) >= 11 is 3.37. The summed E-state index contributed by atoms with van der Waals surface area (Å²) in [6, 6.07) is 7.89. The van der Waals surface area contributed by atoms with Crippen molar-refractivity contribution >= 4 is 49.5 Å². The van der Waals surface area contributed by atoms with Crippen LogP contribution in [0.1, 0.15) is 10.4 Å². The number of halogens is 1. The van der Waals surface area contributed by atoms with Crippen LogP contribution in [0.15, 0.2) is 28.9 Å². The zero-order valence-corrected chi connectivity index (χ0v) is 14.7. The molecule has 0 amide bonds. The molecule has 4 rings (SSSR count). The Kier molecular flexibility index (Phi) is 3.90. The fourth-order valence-corrected chi connectivity index (χ4v) is 3.51. The number of nitrogens with one attached hydrogen (secondary N) is 1. The molecular weight excluding hydrogens is 374 g/mol. The zero-order chi connectivity index (χ0) is 16.7. The highest BCUT2D eigenvalue weighted by Crippen LogP contribution is 2.31. The van der Waals surface area contributed by atoms with E-state index in [0.717, 1.165) is 48.4 Å². The Hall–Kier alpha value is -2.12. The van der Waals surface area contributed by atoms with Crippen LogP contribution in [0.5, 0.6) is 0 Å². The lowest BCUT2D eigenvalue weighted by molar-refractivity contribution is 0.0602. The molecule has 0 radical (unpaired) electrons. The molecule has 7 heteroatoms. The van der Waals surface area contributed by atoms with Gasteiger partial charge < -0.3 is 19.4 Å². The Morgan fingerprint density at radius 3 is 2.88 bits per heavy atom. The van der Waals surface area contributed by atoms with Crippen LogP contribution in [-0.2, 0) is 9.47 Å². The lowest BCUT2D eigenvalue weighted by atomic mass is 10.1. The van der Waals surface area contributed by atoms with Gasteiger partial charge in [0.25, 0.3) is 0 Å². The van der Waals surface area contributed by atoms with Crippen molar-refractivity contribution in [1.29, 1.82) is 0 Å². The highest BCUT2D eigenvalue weighted by molar-refractivity contribution is 9.10. The van der Waals surface area contributed by atoms with E-state index in [4.69, 9.17) is 9.47 Å². The third-order valence-corrected chi connectivity index (χ3v) is 4.69. The molecule has 2 aromatic heterocycles. The van der Waals surface area contributed by atoms with Gasteiger partial charge in [-0.25, -0.2) is 9.78 Å². The van der Waals surface area contributed by atoms with Crippen LogP contribution < -0.4 is 4.90 Å². The van der Waals surface area contributed by atoms with Crippen molar-refractivity contribution in [1.82, 2.24) is 9.97 Å². The van der Waals surface area contributed by atoms with E-state index in [1.807, 2.05) is 6.07 Å². The summed E-state index contributed by atoms with van der Waals surface area (Å²) in [5, 5.41) is 0.980. The number of rotatable bonds is 2. The third-order valence-electron chi connectivity index (χ3n) is 4.29. The number of nitrogens with zero attached hydrogens (tertiary/aromatic N) is 2. The molecule has 0 saturated carbocycles. The Balaban J connectivity index is 1.89. The minimum atomic E-state index is -0.386. The maximum atomic E-state index is 12.1. The number of aromatic nitrogens is 2. The van der Waals surface area contributed by atoms with Crippen molar-refractivity contribution in [2.75, 3.05) is 38.3 Å². The SMILES string of the molecule is COC(=O)c1cc(Br)nc2c1[nH]c1cc(N3CCOCC3)ccc12. The van der Waals surface area contributed by atoms with E-state index >= 15 is 0 Å². The van der Waals surface area contributed by atoms with E-state index in [1.165, 1.54) is 7.11 Å². The summed E-state index contributed by atoms with van der Waals surface area (Å²) in [7, 11) is 1.38. The predicted octanol–water partition coefficient (Wildman–Crippen LogP) is 3.10. The molecule has 124 valence electrons. The lowest BCUT2D eigenvalue weighted by Crippen LogP contribution is -2.36. The minimum Gasteiger partial charge on any atom is -0.465 e. The molecule has 3 aromatic rings. The van der Waals surface area contributed by atoms with Gasteiger partial charge in [0.05, 0.1) is 42.4 Å². The van der Waals surface area contributed by atoms with Crippen molar-refractivity contribution in [2.24, 2.45) is 0 Å². The lowest BCUT2D eigenvalue weighted by Gasteiger charge is -2.28. The van der Waals surface area contributed by atoms with Crippen LogP contribution in [0.25, 0.3) is 21.9 Å². The van der Waals surface area contributed by atoms with E-state index in [-0.39, 0.29) is 5.97 Å².